The van der Waals surface area contributed by atoms with Gasteiger partial charge in [-0.25, -0.2) is 33.7 Å². The zero-order valence-corrected chi connectivity index (χ0v) is 16.6. The zero-order chi connectivity index (χ0) is 22.2. The number of benzene rings is 1. The maximum atomic E-state index is 14.1. The molecule has 5 rings (SSSR count). The molecule has 0 fully saturated rings. The first-order valence-corrected chi connectivity index (χ1v) is 9.46. The van der Waals surface area contributed by atoms with Gasteiger partial charge in [0.05, 0.1) is 23.3 Å². The van der Waals surface area contributed by atoms with E-state index in [9.17, 15) is 4.39 Å². The fourth-order valence-corrected chi connectivity index (χ4v) is 3.34. The standard InChI is InChI=1S/C20H14FN11/c1-11(14-9-31(30-28-14)15-5-3-2-4-12(15)21)32-20-17(19(23)25-10-26-20)18(29-32)13-6-7-24-16(8-22)27-13/h2-7,9-11H,1H3,(H2,23,25,26). The maximum Gasteiger partial charge on any atom is 0.232 e. The molecule has 1 aromatic carbocycles. The van der Waals surface area contributed by atoms with Crippen molar-refractivity contribution in [3.63, 3.8) is 0 Å². The molecule has 0 bridgehead atoms. The monoisotopic (exact) mass is 427 g/mol. The van der Waals surface area contributed by atoms with Crippen molar-refractivity contribution in [2.75, 3.05) is 5.73 Å². The van der Waals surface area contributed by atoms with Gasteiger partial charge < -0.3 is 5.73 Å². The largest absolute Gasteiger partial charge is 0.383 e. The van der Waals surface area contributed by atoms with Gasteiger partial charge >= 0.3 is 0 Å². The summed E-state index contributed by atoms with van der Waals surface area (Å²) in [5, 5.41) is 22.5. The lowest BCUT2D eigenvalue weighted by Crippen LogP contribution is -2.10. The van der Waals surface area contributed by atoms with Gasteiger partial charge in [-0.1, -0.05) is 17.3 Å². The van der Waals surface area contributed by atoms with E-state index in [1.807, 2.05) is 13.0 Å². The van der Waals surface area contributed by atoms with E-state index >= 15 is 0 Å². The third kappa shape index (κ3) is 3.08. The molecule has 4 aromatic heterocycles. The van der Waals surface area contributed by atoms with Gasteiger partial charge in [0.25, 0.3) is 0 Å². The fourth-order valence-electron chi connectivity index (χ4n) is 3.34. The average Bonchev–Trinajstić information content (AvgIpc) is 3.45. The van der Waals surface area contributed by atoms with Crippen molar-refractivity contribution in [3.8, 4) is 23.1 Å². The van der Waals surface area contributed by atoms with Crippen molar-refractivity contribution in [2.24, 2.45) is 0 Å². The van der Waals surface area contributed by atoms with E-state index < -0.39 is 11.9 Å². The van der Waals surface area contributed by atoms with E-state index in [1.54, 1.807) is 35.1 Å². The SMILES string of the molecule is CC(c1cn(-c2ccccc2F)nn1)n1nc(-c2ccnc(C#N)n2)c2c(N)ncnc21. The van der Waals surface area contributed by atoms with Crippen molar-refractivity contribution in [3.05, 3.63) is 66.4 Å². The number of nitrogens with zero attached hydrogens (tertiary/aromatic N) is 10. The van der Waals surface area contributed by atoms with E-state index in [1.165, 1.54) is 23.3 Å². The van der Waals surface area contributed by atoms with Crippen LogP contribution in [0.25, 0.3) is 28.1 Å². The molecule has 5 aromatic rings. The van der Waals surface area contributed by atoms with Crippen LogP contribution < -0.4 is 5.73 Å². The number of fused-ring (bicyclic) bond motifs is 1. The van der Waals surface area contributed by atoms with Crippen molar-refractivity contribution < 1.29 is 4.39 Å². The highest BCUT2D eigenvalue weighted by Crippen LogP contribution is 2.31. The Kier molecular flexibility index (Phi) is 4.48. The molecule has 11 nitrogen and oxygen atoms in total. The average molecular weight is 427 g/mol. The summed E-state index contributed by atoms with van der Waals surface area (Å²) in [6.07, 6.45) is 4.43. The van der Waals surface area contributed by atoms with E-state index in [0.717, 1.165) is 0 Å². The predicted molar refractivity (Wildman–Crippen MR) is 111 cm³/mol. The summed E-state index contributed by atoms with van der Waals surface area (Å²) < 4.78 is 17.1. The van der Waals surface area contributed by atoms with Gasteiger partial charge in [0.2, 0.25) is 5.82 Å². The first-order valence-electron chi connectivity index (χ1n) is 9.46. The third-order valence-corrected chi connectivity index (χ3v) is 4.92. The molecule has 0 radical (unpaired) electrons. The molecular weight excluding hydrogens is 413 g/mol. The molecule has 4 heterocycles. The molecule has 12 heteroatoms. The summed E-state index contributed by atoms with van der Waals surface area (Å²) in [4.78, 5) is 16.5. The van der Waals surface area contributed by atoms with E-state index in [4.69, 9.17) is 11.0 Å². The van der Waals surface area contributed by atoms with Gasteiger partial charge in [0.15, 0.2) is 5.65 Å². The maximum absolute atomic E-state index is 14.1. The van der Waals surface area contributed by atoms with Crippen molar-refractivity contribution in [1.82, 2.24) is 44.7 Å². The van der Waals surface area contributed by atoms with Crippen LogP contribution in [0.5, 0.6) is 0 Å². The van der Waals surface area contributed by atoms with Crippen LogP contribution in [0.15, 0.2) is 49.1 Å². The number of hydrogen-bond donors (Lipinski definition) is 1. The highest BCUT2D eigenvalue weighted by Gasteiger charge is 2.23. The van der Waals surface area contributed by atoms with Crippen LogP contribution in [0.4, 0.5) is 10.2 Å². The Morgan fingerprint density at radius 3 is 2.81 bits per heavy atom. The molecule has 0 aliphatic carbocycles. The van der Waals surface area contributed by atoms with E-state index in [2.05, 4.69) is 35.3 Å². The predicted octanol–water partition coefficient (Wildman–Crippen LogP) is 2.07. The minimum absolute atomic E-state index is 0.00139. The second kappa shape index (κ2) is 7.47. The summed E-state index contributed by atoms with van der Waals surface area (Å²) in [6, 6.07) is 9.38. The Hall–Kier alpha value is -4.79. The Balaban J connectivity index is 1.63. The molecule has 156 valence electrons. The number of aromatic nitrogens is 9. The molecule has 32 heavy (non-hydrogen) atoms. The summed E-state index contributed by atoms with van der Waals surface area (Å²) in [6.45, 7) is 1.85. The third-order valence-electron chi connectivity index (χ3n) is 4.92. The summed E-state index contributed by atoms with van der Waals surface area (Å²) in [5.41, 5.74) is 8.21. The quantitative estimate of drug-likeness (QED) is 0.454. The minimum atomic E-state index is -0.432. The number of nitriles is 1. The number of nitrogen functional groups attached to an aromatic ring is 1. The summed E-state index contributed by atoms with van der Waals surface area (Å²) in [7, 11) is 0. The highest BCUT2D eigenvalue weighted by atomic mass is 19.1. The lowest BCUT2D eigenvalue weighted by atomic mass is 10.2. The van der Waals surface area contributed by atoms with Crippen molar-refractivity contribution >= 4 is 16.9 Å². The van der Waals surface area contributed by atoms with Gasteiger partial charge in [0.1, 0.15) is 41.1 Å². The van der Waals surface area contributed by atoms with Gasteiger partial charge in [0, 0.05) is 6.20 Å². The Morgan fingerprint density at radius 1 is 1.16 bits per heavy atom. The van der Waals surface area contributed by atoms with E-state index in [0.29, 0.717) is 28.1 Å². The zero-order valence-electron chi connectivity index (χ0n) is 16.6. The number of nitrogens with two attached hydrogens (primary N) is 1. The molecule has 0 aliphatic heterocycles. The lowest BCUT2D eigenvalue weighted by Gasteiger charge is -2.09. The molecule has 0 saturated carbocycles. The van der Waals surface area contributed by atoms with Gasteiger partial charge in [-0.05, 0) is 25.1 Å². The van der Waals surface area contributed by atoms with Crippen LogP contribution in [0.1, 0.15) is 24.5 Å². The smallest absolute Gasteiger partial charge is 0.232 e. The molecule has 0 amide bonds. The highest BCUT2D eigenvalue weighted by molar-refractivity contribution is 5.97. The molecule has 0 spiro atoms. The molecule has 0 saturated heterocycles. The summed E-state index contributed by atoms with van der Waals surface area (Å²) in [5.74, 6) is -0.196. The minimum Gasteiger partial charge on any atom is -0.383 e. The normalized spacial score (nSPS) is 12.0. The second-order valence-corrected chi connectivity index (χ2v) is 6.84. The van der Waals surface area contributed by atoms with Crippen LogP contribution in [-0.2, 0) is 0 Å². The number of para-hydroxylation sites is 1. The second-order valence-electron chi connectivity index (χ2n) is 6.84. The van der Waals surface area contributed by atoms with Crippen LogP contribution in [0.2, 0.25) is 0 Å². The van der Waals surface area contributed by atoms with Crippen LogP contribution in [-0.4, -0.2) is 44.7 Å². The number of hydrogen-bond acceptors (Lipinski definition) is 9. The first kappa shape index (κ1) is 19.2. The van der Waals surface area contributed by atoms with E-state index in [-0.39, 0.29) is 17.3 Å². The molecular formula is C20H14FN11. The molecule has 0 aliphatic rings. The van der Waals surface area contributed by atoms with Gasteiger partial charge in [-0.15, -0.1) is 5.10 Å². The van der Waals surface area contributed by atoms with Crippen LogP contribution in [0, 0.1) is 17.1 Å². The Labute approximate surface area is 180 Å². The van der Waals surface area contributed by atoms with Gasteiger partial charge in [-0.3, -0.25) is 0 Å². The van der Waals surface area contributed by atoms with Gasteiger partial charge in [-0.2, -0.15) is 10.4 Å². The first-order chi connectivity index (χ1) is 15.6. The molecule has 2 N–H and O–H groups in total. The molecule has 1 atom stereocenters. The fraction of sp³-hybridized carbons (Fsp3) is 0.100. The van der Waals surface area contributed by atoms with Crippen molar-refractivity contribution in [1.29, 1.82) is 5.26 Å². The Bertz CT molecular complexity index is 1500. The molecule has 1 unspecified atom stereocenters. The Morgan fingerprint density at radius 2 is 2.00 bits per heavy atom. The number of rotatable bonds is 4. The van der Waals surface area contributed by atoms with Crippen molar-refractivity contribution in [2.45, 2.75) is 13.0 Å². The van der Waals surface area contributed by atoms with Crippen LogP contribution in [0.3, 0.4) is 0 Å². The number of halogens is 1. The summed E-state index contributed by atoms with van der Waals surface area (Å²) >= 11 is 0. The van der Waals surface area contributed by atoms with Crippen LogP contribution >= 0.6 is 0 Å². The number of anilines is 1. The topological polar surface area (TPSA) is 150 Å². The lowest BCUT2D eigenvalue weighted by molar-refractivity contribution is 0.565.